The maximum atomic E-state index is 11.4. The number of carbonyl (C=O) groups is 2. The van der Waals surface area contributed by atoms with E-state index in [-0.39, 0.29) is 22.2 Å². The first-order valence-electron chi connectivity index (χ1n) is 5.70. The van der Waals surface area contributed by atoms with Gasteiger partial charge in [-0.3, -0.25) is 9.59 Å². The van der Waals surface area contributed by atoms with Crippen LogP contribution in [0.5, 0.6) is 0 Å². The highest BCUT2D eigenvalue weighted by Crippen LogP contribution is 2.39. The van der Waals surface area contributed by atoms with E-state index in [0.717, 1.165) is 11.3 Å². The van der Waals surface area contributed by atoms with Gasteiger partial charge in [0.1, 0.15) is 9.88 Å². The highest BCUT2D eigenvalue weighted by atomic mass is 32.1. The van der Waals surface area contributed by atoms with Gasteiger partial charge in [-0.1, -0.05) is 0 Å². The molecule has 0 radical (unpaired) electrons. The summed E-state index contributed by atoms with van der Waals surface area (Å²) in [6.45, 7) is 2.03. The summed E-state index contributed by atoms with van der Waals surface area (Å²) in [5, 5.41) is 3.74. The van der Waals surface area contributed by atoms with Gasteiger partial charge in [0.05, 0.1) is 11.3 Å². The third kappa shape index (κ3) is 2.26. The first-order valence-corrected chi connectivity index (χ1v) is 6.51. The summed E-state index contributed by atoms with van der Waals surface area (Å²) in [6.07, 6.45) is 2.34. The SMILES string of the molecule is CC(Nc1sc(C(N)=O)c(N)c1C(N)=O)C1CC1. The number of rotatable bonds is 5. The Hall–Kier alpha value is -1.76. The second-order valence-corrected chi connectivity index (χ2v) is 5.57. The maximum absolute atomic E-state index is 11.4. The molecule has 2 amide bonds. The van der Waals surface area contributed by atoms with Gasteiger partial charge in [0, 0.05) is 6.04 Å². The van der Waals surface area contributed by atoms with Gasteiger partial charge in [-0.2, -0.15) is 0 Å². The minimum atomic E-state index is -0.651. The van der Waals surface area contributed by atoms with E-state index in [9.17, 15) is 9.59 Å². The molecule has 1 fully saturated rings. The van der Waals surface area contributed by atoms with Crippen molar-refractivity contribution >= 4 is 33.8 Å². The number of hydrogen-bond donors (Lipinski definition) is 4. The fourth-order valence-corrected chi connectivity index (χ4v) is 2.97. The summed E-state index contributed by atoms with van der Waals surface area (Å²) in [4.78, 5) is 22.8. The number of primary amides is 2. The number of carbonyl (C=O) groups excluding carboxylic acids is 2. The molecule has 6 nitrogen and oxygen atoms in total. The van der Waals surface area contributed by atoms with Crippen LogP contribution >= 0.6 is 11.3 Å². The summed E-state index contributed by atoms with van der Waals surface area (Å²) in [7, 11) is 0. The first kappa shape index (κ1) is 12.7. The summed E-state index contributed by atoms with van der Waals surface area (Å²) in [5.74, 6) is -0.694. The molecule has 0 saturated heterocycles. The first-order chi connectivity index (χ1) is 8.41. The van der Waals surface area contributed by atoms with Crippen LogP contribution in [0.15, 0.2) is 0 Å². The van der Waals surface area contributed by atoms with Crippen molar-refractivity contribution in [2.75, 3.05) is 11.1 Å². The lowest BCUT2D eigenvalue weighted by Crippen LogP contribution is -2.20. The molecular formula is C11H16N4O2S. The summed E-state index contributed by atoms with van der Waals surface area (Å²) < 4.78 is 0. The van der Waals surface area contributed by atoms with Crippen LogP contribution in [0, 0.1) is 5.92 Å². The van der Waals surface area contributed by atoms with Gasteiger partial charge in [0.15, 0.2) is 0 Å². The number of nitrogen functional groups attached to an aromatic ring is 1. The van der Waals surface area contributed by atoms with Gasteiger partial charge in [-0.25, -0.2) is 0 Å². The van der Waals surface area contributed by atoms with Gasteiger partial charge in [0.25, 0.3) is 11.8 Å². The fraction of sp³-hybridized carbons (Fsp3) is 0.455. The molecule has 7 N–H and O–H groups in total. The predicted octanol–water partition coefficient (Wildman–Crippen LogP) is 0.738. The lowest BCUT2D eigenvalue weighted by molar-refractivity contribution is 0.0999. The molecule has 1 aromatic heterocycles. The maximum Gasteiger partial charge on any atom is 0.260 e. The van der Waals surface area contributed by atoms with E-state index < -0.39 is 11.8 Å². The zero-order valence-electron chi connectivity index (χ0n) is 10.0. The van der Waals surface area contributed by atoms with Crippen molar-refractivity contribution in [3.8, 4) is 0 Å². The van der Waals surface area contributed by atoms with Crippen LogP contribution < -0.4 is 22.5 Å². The van der Waals surface area contributed by atoms with Gasteiger partial charge >= 0.3 is 0 Å². The number of anilines is 2. The average Bonchev–Trinajstić information content (AvgIpc) is 3.03. The number of nitrogens with one attached hydrogen (secondary N) is 1. The van der Waals surface area contributed by atoms with Crippen molar-refractivity contribution < 1.29 is 9.59 Å². The topological polar surface area (TPSA) is 124 Å². The van der Waals surface area contributed by atoms with Crippen molar-refractivity contribution in [1.29, 1.82) is 0 Å². The molecule has 1 heterocycles. The minimum absolute atomic E-state index is 0.0745. The predicted molar refractivity (Wildman–Crippen MR) is 71.6 cm³/mol. The van der Waals surface area contributed by atoms with E-state index >= 15 is 0 Å². The molecular weight excluding hydrogens is 252 g/mol. The van der Waals surface area contributed by atoms with Crippen molar-refractivity contribution in [3.63, 3.8) is 0 Å². The van der Waals surface area contributed by atoms with Crippen LogP contribution in [-0.4, -0.2) is 17.9 Å². The summed E-state index contributed by atoms with van der Waals surface area (Å²) >= 11 is 1.08. The zero-order valence-corrected chi connectivity index (χ0v) is 10.8. The van der Waals surface area contributed by atoms with Crippen LogP contribution in [0.4, 0.5) is 10.7 Å². The normalized spacial score (nSPS) is 16.3. The molecule has 7 heteroatoms. The number of amides is 2. The largest absolute Gasteiger partial charge is 0.397 e. The third-order valence-electron chi connectivity index (χ3n) is 3.10. The second kappa shape index (κ2) is 4.49. The average molecular weight is 268 g/mol. The molecule has 1 atom stereocenters. The minimum Gasteiger partial charge on any atom is -0.397 e. The molecule has 0 bridgehead atoms. The quantitative estimate of drug-likeness (QED) is 0.628. The van der Waals surface area contributed by atoms with Crippen LogP contribution in [-0.2, 0) is 0 Å². The number of hydrogen-bond acceptors (Lipinski definition) is 5. The second-order valence-electron chi connectivity index (χ2n) is 4.55. The molecule has 1 aliphatic carbocycles. The highest BCUT2D eigenvalue weighted by molar-refractivity contribution is 7.19. The van der Waals surface area contributed by atoms with E-state index in [1.54, 1.807) is 0 Å². The van der Waals surface area contributed by atoms with Crippen LogP contribution in [0.25, 0.3) is 0 Å². The van der Waals surface area contributed by atoms with Crippen molar-refractivity contribution in [3.05, 3.63) is 10.4 Å². The lowest BCUT2D eigenvalue weighted by atomic mass is 10.2. The van der Waals surface area contributed by atoms with E-state index in [4.69, 9.17) is 17.2 Å². The molecule has 1 unspecified atom stereocenters. The summed E-state index contributed by atoms with van der Waals surface area (Å²) in [5.41, 5.74) is 16.5. The number of nitrogens with two attached hydrogens (primary N) is 3. The molecule has 2 rings (SSSR count). The van der Waals surface area contributed by atoms with Gasteiger partial charge in [0.2, 0.25) is 0 Å². The summed E-state index contributed by atoms with van der Waals surface area (Å²) in [6, 6.07) is 0.224. The Morgan fingerprint density at radius 2 is 1.94 bits per heavy atom. The van der Waals surface area contributed by atoms with Crippen LogP contribution in [0.3, 0.4) is 0 Å². The highest BCUT2D eigenvalue weighted by Gasteiger charge is 2.30. The van der Waals surface area contributed by atoms with Crippen LogP contribution in [0.2, 0.25) is 0 Å². The van der Waals surface area contributed by atoms with E-state index in [1.807, 2.05) is 6.92 Å². The smallest absolute Gasteiger partial charge is 0.260 e. The molecule has 18 heavy (non-hydrogen) atoms. The molecule has 0 spiro atoms. The Kier molecular flexibility index (Phi) is 3.16. The van der Waals surface area contributed by atoms with Crippen molar-refractivity contribution in [2.24, 2.45) is 17.4 Å². The molecule has 0 aromatic carbocycles. The molecule has 1 aromatic rings. The third-order valence-corrected chi connectivity index (χ3v) is 4.25. The Bertz CT molecular complexity index is 507. The molecule has 1 saturated carbocycles. The van der Waals surface area contributed by atoms with Gasteiger partial charge < -0.3 is 22.5 Å². The Morgan fingerprint density at radius 1 is 1.33 bits per heavy atom. The Balaban J connectivity index is 2.35. The van der Waals surface area contributed by atoms with E-state index in [0.29, 0.717) is 10.9 Å². The van der Waals surface area contributed by atoms with Crippen LogP contribution in [0.1, 0.15) is 39.8 Å². The molecule has 0 aliphatic heterocycles. The Labute approximate surface area is 109 Å². The van der Waals surface area contributed by atoms with E-state index in [2.05, 4.69) is 5.32 Å². The Morgan fingerprint density at radius 3 is 2.39 bits per heavy atom. The zero-order chi connectivity index (χ0) is 13.4. The number of thiophene rings is 1. The molecule has 98 valence electrons. The van der Waals surface area contributed by atoms with Crippen molar-refractivity contribution in [2.45, 2.75) is 25.8 Å². The van der Waals surface area contributed by atoms with Gasteiger partial charge in [-0.15, -0.1) is 11.3 Å². The van der Waals surface area contributed by atoms with Crippen molar-refractivity contribution in [1.82, 2.24) is 0 Å². The van der Waals surface area contributed by atoms with Gasteiger partial charge in [-0.05, 0) is 25.7 Å². The van der Waals surface area contributed by atoms with E-state index in [1.165, 1.54) is 12.8 Å². The lowest BCUT2D eigenvalue weighted by Gasteiger charge is -2.13. The fourth-order valence-electron chi connectivity index (χ4n) is 1.89. The standard InChI is InChI=1S/C11H16N4O2S/c1-4(5-2-3-5)15-11-6(9(13)16)7(12)8(18-11)10(14)17/h4-5,15H,2-3,12H2,1H3,(H2,13,16)(H2,14,17). The molecule has 1 aliphatic rings. The monoisotopic (exact) mass is 268 g/mol.